The van der Waals surface area contributed by atoms with Crippen molar-refractivity contribution in [2.45, 2.75) is 27.7 Å². The van der Waals surface area contributed by atoms with Crippen molar-refractivity contribution in [3.63, 3.8) is 0 Å². The van der Waals surface area contributed by atoms with E-state index in [2.05, 4.69) is 0 Å². The van der Waals surface area contributed by atoms with Crippen molar-refractivity contribution >= 4 is 615 Å². The number of carboxylic acid groups (broad SMARTS) is 4. The average Bonchev–Trinajstić information content (AvgIpc) is 2.13. The first-order valence-corrected chi connectivity index (χ1v) is 4.95. The number of aliphatic carboxylic acids is 4. The van der Waals surface area contributed by atoms with Gasteiger partial charge in [-0.3, -0.25) is 0 Å². The van der Waals surface area contributed by atoms with Crippen LogP contribution >= 0.6 is 0 Å². The Morgan fingerprint density at radius 3 is 0.341 bits per heavy atom. The molecule has 0 aliphatic heterocycles. The van der Waals surface area contributed by atoms with Gasteiger partial charge in [0.2, 0.25) is 0 Å². The normalized spacial score (nSPS) is 2.95. The molecule has 0 spiro atoms. The number of nitrogens with two attached hydrogens (primary N) is 2. The Kier molecular flexibility index (Phi) is 954. The van der Waals surface area contributed by atoms with Gasteiger partial charge < -0.3 is 51.1 Å². The molecule has 0 saturated carbocycles. The van der Waals surface area contributed by atoms with E-state index in [0.29, 0.717) is 13.1 Å². The Bertz CT molecular complexity index is 233. The van der Waals surface area contributed by atoms with Gasteiger partial charge >= 0.3 is 709 Å². The van der Waals surface area contributed by atoms with Crippen LogP contribution in [-0.4, -0.2) is 628 Å². The van der Waals surface area contributed by atoms with E-state index in [1.165, 1.54) is 0 Å². The summed E-state index contributed by atoms with van der Waals surface area (Å²) in [5.74, 6) is -4.33. The van der Waals surface area contributed by atoms with E-state index in [0.717, 1.165) is 27.7 Å². The third kappa shape index (κ3) is 484. The quantitative estimate of drug-likeness (QED) is 0.238. The summed E-state index contributed by atoms with van der Waals surface area (Å²) in [5, 5.41) is 35.6. The van der Waals surface area contributed by atoms with Crippen LogP contribution in [0.1, 0.15) is 27.7 Å². The zero-order chi connectivity index (χ0) is 17.7. The molecule has 34 heteroatoms. The maximum absolute atomic E-state index is 8.89. The maximum atomic E-state index is 8.89. The first-order chi connectivity index (χ1) is 8.84. The van der Waals surface area contributed by atoms with Crippen LogP contribution in [0, 0.1) is 0 Å². The van der Waals surface area contributed by atoms with Crippen molar-refractivity contribution in [1.82, 2.24) is 0 Å². The van der Waals surface area contributed by atoms with Crippen LogP contribution in [0.15, 0.2) is 0 Å². The SMILES string of the molecule is CC(=O)[O-].CC(=O)[O-].CC(=O)[O-].CC(=O)[O-].NCCN.[Na+].[Na+].[Na+].[Na+].[NaH].[NaH].[NaH].[NaH].[NaH].[NaH].[NaH].[NaH].[NaH].[NaH].[NaH].[NaH].[NaH].[NaH].[NaH].[NaH].[NaH].[NaH].[NaH].[NaH]. The molecule has 4 N–H and O–H groups in total. The van der Waals surface area contributed by atoms with E-state index >= 15 is 0 Å². The third-order valence-electron chi connectivity index (χ3n) is 0.167. The topological polar surface area (TPSA) is 213 Å². The second-order valence-corrected chi connectivity index (χ2v) is 2.54. The second-order valence-electron chi connectivity index (χ2n) is 2.54. The zero-order valence-corrected chi connectivity index (χ0v) is 23.8. The number of rotatable bonds is 1. The molecule has 0 rings (SSSR count). The minimum atomic E-state index is -1.08. The Labute approximate surface area is 798 Å². The molecular weight excluding hydrogens is 828 g/mol. The summed E-state index contributed by atoms with van der Waals surface area (Å²) >= 11 is 0. The van der Waals surface area contributed by atoms with Gasteiger partial charge in [-0.05, 0) is 27.7 Å². The molecule has 0 radical (unpaired) electrons. The van der Waals surface area contributed by atoms with E-state index in [1.807, 2.05) is 0 Å². The Hall–Kier alpha value is 21.8. The summed E-state index contributed by atoms with van der Waals surface area (Å²) in [5.41, 5.74) is 9.81. The van der Waals surface area contributed by atoms with Crippen molar-refractivity contribution in [2.75, 3.05) is 13.1 Å². The van der Waals surface area contributed by atoms with Crippen LogP contribution < -0.4 is 150 Å². The molecule has 0 heterocycles. The summed E-state index contributed by atoms with van der Waals surface area (Å²) in [7, 11) is 0. The van der Waals surface area contributed by atoms with Gasteiger partial charge in [-0.15, -0.1) is 0 Å². The number of hydrogen-bond acceptors (Lipinski definition) is 10. The molecule has 0 bridgehead atoms. The van der Waals surface area contributed by atoms with E-state index in [9.17, 15) is 0 Å². The number of carbonyl (C=O) groups excluding carboxylic acids is 4. The molecule has 0 aromatic heterocycles. The molecule has 0 saturated heterocycles. The van der Waals surface area contributed by atoms with Crippen LogP contribution in [0.4, 0.5) is 0 Å². The molecule has 0 aliphatic carbocycles. The molecule has 44 heavy (non-hydrogen) atoms. The van der Waals surface area contributed by atoms with Gasteiger partial charge in [0.15, 0.2) is 0 Å². The fourth-order valence-electron chi connectivity index (χ4n) is 0. The Morgan fingerprint density at radius 1 is 0.318 bits per heavy atom. The van der Waals surface area contributed by atoms with Gasteiger partial charge in [-0.25, -0.2) is 0 Å². The predicted molar refractivity (Wildman–Crippen MR) is 204 cm³/mol. The van der Waals surface area contributed by atoms with Gasteiger partial charge in [-0.2, -0.15) is 0 Å². The molecular formula is C10H40N2Na24O8. The van der Waals surface area contributed by atoms with Crippen LogP contribution in [0.3, 0.4) is 0 Å². The molecule has 0 aromatic carbocycles. The second kappa shape index (κ2) is 206. The minimum absolute atomic E-state index is 0. The van der Waals surface area contributed by atoms with Crippen molar-refractivity contribution in [1.29, 1.82) is 0 Å². The van der Waals surface area contributed by atoms with Crippen LogP contribution in [0.5, 0.6) is 0 Å². The molecule has 0 aromatic rings. The van der Waals surface area contributed by atoms with Crippen molar-refractivity contribution in [3.8, 4) is 0 Å². The molecule has 0 unspecified atom stereocenters. The Morgan fingerprint density at radius 2 is 0.341 bits per heavy atom. The summed E-state index contributed by atoms with van der Waals surface area (Å²) in [4.78, 5) is 35.6. The summed E-state index contributed by atoms with van der Waals surface area (Å²) < 4.78 is 0. The molecule has 0 aliphatic rings. The van der Waals surface area contributed by atoms with E-state index in [1.54, 1.807) is 0 Å². The summed E-state index contributed by atoms with van der Waals surface area (Å²) in [6.45, 7) is 5.08. The predicted octanol–water partition coefficient (Wildman–Crippen LogP) is -31.0. The first kappa shape index (κ1) is 204. The van der Waals surface area contributed by atoms with Gasteiger partial charge in [0.1, 0.15) is 0 Å². The standard InChI is InChI=1S/C2H8N2.4C2H4O2.24Na.20H/c3-1-2-4;4*1-2(3)4;;;;;;;;;;;;;;;;;;;;;;;;;;;;;;;;;;;;;;;;;;;;/h1-4H2;4*1H3,(H,3,4);;;;;;;;;;;;;;;;;;;;;;;;;;;;;;;;;;;;;;;;;;;;/q;;;;;;;;;;;;;;;;;;;;;;;;;4*+1;;;;;;;;;;;;;;;;;;;;/p-4. The van der Waals surface area contributed by atoms with Gasteiger partial charge in [0, 0.05) is 37.0 Å². The summed E-state index contributed by atoms with van der Waals surface area (Å²) in [6.07, 6.45) is 0. The van der Waals surface area contributed by atoms with Gasteiger partial charge in [0.05, 0.1) is 0 Å². The molecule has 0 fully saturated rings. The average molecular weight is 868 g/mol. The monoisotopic (exact) mass is 868 g/mol. The number of carbonyl (C=O) groups is 4. The molecule has 10 nitrogen and oxygen atoms in total. The molecule has 162 valence electrons. The summed E-state index contributed by atoms with van der Waals surface area (Å²) in [6, 6.07) is 0. The fraction of sp³-hybridized carbons (Fsp3) is 0.600. The fourth-order valence-corrected chi connectivity index (χ4v) is 0. The van der Waals surface area contributed by atoms with E-state index in [-0.39, 0.29) is 709 Å². The first-order valence-electron chi connectivity index (χ1n) is 4.95. The van der Waals surface area contributed by atoms with Gasteiger partial charge in [0.25, 0.3) is 0 Å². The van der Waals surface area contributed by atoms with Crippen LogP contribution in [0.2, 0.25) is 0 Å². The van der Waals surface area contributed by atoms with Gasteiger partial charge in [-0.1, -0.05) is 0 Å². The third-order valence-corrected chi connectivity index (χ3v) is 0.167. The van der Waals surface area contributed by atoms with E-state index in [4.69, 9.17) is 51.1 Å². The van der Waals surface area contributed by atoms with E-state index < -0.39 is 23.9 Å². The number of hydrogen-bond donors (Lipinski definition) is 2. The zero-order valence-electron chi connectivity index (χ0n) is 15.8. The Balaban J connectivity index is -0.00000000208. The number of carboxylic acids is 4. The van der Waals surface area contributed by atoms with Crippen LogP contribution in [0.25, 0.3) is 0 Å². The van der Waals surface area contributed by atoms with Crippen molar-refractivity contribution in [2.24, 2.45) is 11.5 Å². The van der Waals surface area contributed by atoms with Crippen LogP contribution in [-0.2, 0) is 19.2 Å². The van der Waals surface area contributed by atoms with Crippen molar-refractivity contribution < 1.29 is 158 Å². The van der Waals surface area contributed by atoms with Crippen molar-refractivity contribution in [3.05, 3.63) is 0 Å². The molecule has 0 atom stereocenters. The molecule has 0 amide bonds.